The van der Waals surface area contributed by atoms with Crippen LogP contribution in [0.1, 0.15) is 34.8 Å². The van der Waals surface area contributed by atoms with Crippen molar-refractivity contribution in [3.63, 3.8) is 0 Å². The van der Waals surface area contributed by atoms with Crippen LogP contribution in [-0.2, 0) is 23.0 Å². The smallest absolute Gasteiger partial charge is 0.408 e. The first-order valence-corrected chi connectivity index (χ1v) is 13.7. The number of anilines is 1. The zero-order chi connectivity index (χ0) is 33.2. The largest absolute Gasteiger partial charge is 0.467 e. The maximum atomic E-state index is 14.8. The fourth-order valence-corrected chi connectivity index (χ4v) is 5.11. The maximum Gasteiger partial charge on any atom is 0.408 e. The SMILES string of the molecule is CC[C@@H](Nc1cc(F)c(C(=O)N[C@@H](Cc2ccc(-c3c(C)c4cc(F)ccc4n(C)c3=O)cc2)C(=O)OC)c(F)c1)C(F)(F)F. The zero-order valence-corrected chi connectivity index (χ0v) is 24.6. The normalized spacial score (nSPS) is 12.9. The van der Waals surface area contributed by atoms with Gasteiger partial charge in [0.05, 0.1) is 18.2 Å². The van der Waals surface area contributed by atoms with E-state index in [2.05, 4.69) is 5.32 Å². The summed E-state index contributed by atoms with van der Waals surface area (Å²) < 4.78 is 89.0. The second-order valence-corrected chi connectivity index (χ2v) is 10.4. The number of benzene rings is 3. The van der Waals surface area contributed by atoms with Crippen molar-refractivity contribution in [2.75, 3.05) is 12.4 Å². The quantitative estimate of drug-likeness (QED) is 0.169. The number of fused-ring (bicyclic) bond motifs is 1. The highest BCUT2D eigenvalue weighted by Gasteiger charge is 2.38. The number of nitrogens with one attached hydrogen (secondary N) is 2. The summed E-state index contributed by atoms with van der Waals surface area (Å²) in [5.41, 5.74) is 0.526. The minimum atomic E-state index is -4.67. The Morgan fingerprint density at radius 1 is 0.978 bits per heavy atom. The van der Waals surface area contributed by atoms with Gasteiger partial charge in [0.2, 0.25) is 0 Å². The van der Waals surface area contributed by atoms with Crippen molar-refractivity contribution in [2.45, 2.75) is 44.9 Å². The maximum absolute atomic E-state index is 14.8. The molecule has 0 aliphatic carbocycles. The third-order valence-electron chi connectivity index (χ3n) is 7.50. The molecule has 3 aromatic carbocycles. The lowest BCUT2D eigenvalue weighted by Gasteiger charge is -2.22. The number of esters is 1. The number of hydrogen-bond acceptors (Lipinski definition) is 5. The van der Waals surface area contributed by atoms with Crippen molar-refractivity contribution in [3.8, 4) is 11.1 Å². The van der Waals surface area contributed by atoms with Gasteiger partial charge >= 0.3 is 12.1 Å². The zero-order valence-electron chi connectivity index (χ0n) is 24.6. The molecule has 2 N–H and O–H groups in total. The molecule has 238 valence electrons. The molecule has 0 saturated carbocycles. The summed E-state index contributed by atoms with van der Waals surface area (Å²) in [4.78, 5) is 38.5. The molecule has 0 fully saturated rings. The molecular weight excluding hydrogens is 604 g/mol. The standard InChI is InChI=1S/C32H29F6N3O4/c1-5-26(32(36,37)38)39-20-14-22(34)28(23(35)15-20)29(42)40-24(31(44)45-4)12-17-6-8-18(9-7-17)27-16(2)21-13-19(33)10-11-25(21)41(3)30(27)43/h6-11,13-15,24,26,39H,5,12H2,1-4H3,(H,40,42)/t24-,26+/m0/s1. The fraction of sp³-hybridized carbons (Fsp3) is 0.281. The van der Waals surface area contributed by atoms with E-state index < -0.39 is 65.3 Å². The molecule has 13 heteroatoms. The Labute approximate surface area is 253 Å². The molecule has 4 rings (SSSR count). The summed E-state index contributed by atoms with van der Waals surface area (Å²) in [5, 5.41) is 4.78. The number of aryl methyl sites for hydroxylation is 2. The van der Waals surface area contributed by atoms with Crippen LogP contribution in [0.15, 0.2) is 59.4 Å². The van der Waals surface area contributed by atoms with Gasteiger partial charge in [0, 0.05) is 24.5 Å². The van der Waals surface area contributed by atoms with E-state index in [1.165, 1.54) is 29.7 Å². The van der Waals surface area contributed by atoms with Crippen molar-refractivity contribution in [1.82, 2.24) is 9.88 Å². The summed E-state index contributed by atoms with van der Waals surface area (Å²) >= 11 is 0. The molecular formula is C32H29F6N3O4. The molecule has 0 radical (unpaired) electrons. The Balaban J connectivity index is 1.58. The number of methoxy groups -OCH3 is 1. The van der Waals surface area contributed by atoms with Gasteiger partial charge in [0.25, 0.3) is 11.5 Å². The average molecular weight is 634 g/mol. The van der Waals surface area contributed by atoms with Crippen LogP contribution < -0.4 is 16.2 Å². The van der Waals surface area contributed by atoms with Crippen LogP contribution >= 0.6 is 0 Å². The van der Waals surface area contributed by atoms with E-state index in [1.54, 1.807) is 38.2 Å². The van der Waals surface area contributed by atoms with Crippen LogP contribution in [0, 0.1) is 24.4 Å². The second kappa shape index (κ2) is 13.0. The highest BCUT2D eigenvalue weighted by Crippen LogP contribution is 2.29. The van der Waals surface area contributed by atoms with E-state index >= 15 is 0 Å². The number of halogens is 6. The molecule has 0 bridgehead atoms. The summed E-state index contributed by atoms with van der Waals surface area (Å²) in [6, 6.07) is 8.15. The van der Waals surface area contributed by atoms with E-state index in [9.17, 15) is 40.7 Å². The van der Waals surface area contributed by atoms with Crippen molar-refractivity contribution in [3.05, 3.63) is 99.1 Å². The summed E-state index contributed by atoms with van der Waals surface area (Å²) in [7, 11) is 2.63. The minimum Gasteiger partial charge on any atom is -0.467 e. The first-order valence-electron chi connectivity index (χ1n) is 13.7. The van der Waals surface area contributed by atoms with Crippen molar-refractivity contribution in [2.24, 2.45) is 7.05 Å². The lowest BCUT2D eigenvalue weighted by molar-refractivity contribution is -0.143. The van der Waals surface area contributed by atoms with Crippen molar-refractivity contribution < 1.29 is 40.7 Å². The second-order valence-electron chi connectivity index (χ2n) is 10.4. The van der Waals surface area contributed by atoms with Crippen LogP contribution in [0.5, 0.6) is 0 Å². The molecule has 0 unspecified atom stereocenters. The molecule has 1 amide bonds. The fourth-order valence-electron chi connectivity index (χ4n) is 5.11. The average Bonchev–Trinajstić information content (AvgIpc) is 2.98. The molecule has 45 heavy (non-hydrogen) atoms. The molecule has 0 spiro atoms. The van der Waals surface area contributed by atoms with Crippen LogP contribution in [0.3, 0.4) is 0 Å². The predicted molar refractivity (Wildman–Crippen MR) is 156 cm³/mol. The first-order chi connectivity index (χ1) is 21.2. The van der Waals surface area contributed by atoms with Crippen LogP contribution in [0.25, 0.3) is 22.0 Å². The Morgan fingerprint density at radius 2 is 1.60 bits per heavy atom. The van der Waals surface area contributed by atoms with E-state index in [0.29, 0.717) is 45.3 Å². The number of carbonyl (C=O) groups is 2. The van der Waals surface area contributed by atoms with Gasteiger partial charge in [-0.15, -0.1) is 0 Å². The number of alkyl halides is 3. The van der Waals surface area contributed by atoms with Gasteiger partial charge in [0.1, 0.15) is 35.1 Å². The van der Waals surface area contributed by atoms with E-state index in [0.717, 1.165) is 7.11 Å². The van der Waals surface area contributed by atoms with Crippen molar-refractivity contribution in [1.29, 1.82) is 0 Å². The molecule has 2 atom stereocenters. The number of amides is 1. The van der Waals surface area contributed by atoms with E-state index in [1.807, 2.05) is 5.32 Å². The van der Waals surface area contributed by atoms with Gasteiger partial charge in [-0.25, -0.2) is 18.0 Å². The third-order valence-corrected chi connectivity index (χ3v) is 7.50. The number of nitrogens with zero attached hydrogens (tertiary/aromatic N) is 1. The molecule has 1 aromatic heterocycles. The number of rotatable bonds is 9. The van der Waals surface area contributed by atoms with Gasteiger partial charge in [-0.1, -0.05) is 31.2 Å². The molecule has 1 heterocycles. The highest BCUT2D eigenvalue weighted by molar-refractivity contribution is 5.97. The molecule has 4 aromatic rings. The summed E-state index contributed by atoms with van der Waals surface area (Å²) in [5.74, 6) is -5.59. The summed E-state index contributed by atoms with van der Waals surface area (Å²) in [6.45, 7) is 2.95. The monoisotopic (exact) mass is 633 g/mol. The predicted octanol–water partition coefficient (Wildman–Crippen LogP) is 6.20. The van der Waals surface area contributed by atoms with E-state index in [-0.39, 0.29) is 12.0 Å². The van der Waals surface area contributed by atoms with E-state index in [4.69, 9.17) is 4.74 Å². The number of ether oxygens (including phenoxy) is 1. The number of hydrogen-bond donors (Lipinski definition) is 2. The molecule has 0 aliphatic heterocycles. The highest BCUT2D eigenvalue weighted by atomic mass is 19.4. The topological polar surface area (TPSA) is 89.4 Å². The Hall–Kier alpha value is -4.81. The van der Waals surface area contributed by atoms with Gasteiger partial charge in [-0.3, -0.25) is 9.59 Å². The van der Waals surface area contributed by atoms with Gasteiger partial charge in [-0.05, 0) is 60.4 Å². The number of pyridine rings is 1. The molecule has 7 nitrogen and oxygen atoms in total. The van der Waals surface area contributed by atoms with Gasteiger partial charge < -0.3 is 19.9 Å². The van der Waals surface area contributed by atoms with Gasteiger partial charge in [-0.2, -0.15) is 13.2 Å². The Kier molecular flexibility index (Phi) is 9.59. The van der Waals surface area contributed by atoms with Crippen molar-refractivity contribution >= 4 is 28.5 Å². The van der Waals surface area contributed by atoms with Crippen LogP contribution in [0.4, 0.5) is 32.0 Å². The minimum absolute atomic E-state index is 0.175. The number of aromatic nitrogens is 1. The Bertz CT molecular complexity index is 1800. The number of carbonyl (C=O) groups excluding carboxylic acids is 2. The van der Waals surface area contributed by atoms with Crippen LogP contribution in [-0.4, -0.2) is 41.8 Å². The van der Waals surface area contributed by atoms with Gasteiger partial charge in [0.15, 0.2) is 0 Å². The third kappa shape index (κ3) is 6.97. The first kappa shape index (κ1) is 33.1. The lowest BCUT2D eigenvalue weighted by atomic mass is 9.96. The lowest BCUT2D eigenvalue weighted by Crippen LogP contribution is -2.43. The Morgan fingerprint density at radius 3 is 2.16 bits per heavy atom. The van der Waals surface area contributed by atoms with Crippen LogP contribution in [0.2, 0.25) is 0 Å². The molecule has 0 aliphatic rings. The molecule has 0 saturated heterocycles. The summed E-state index contributed by atoms with van der Waals surface area (Å²) in [6.07, 6.45) is -5.26.